The van der Waals surface area contributed by atoms with Gasteiger partial charge in [-0.1, -0.05) is 30.3 Å². The second kappa shape index (κ2) is 14.7. The van der Waals surface area contributed by atoms with Crippen LogP contribution in [0.25, 0.3) is 10.9 Å². The molecule has 3 heterocycles. The molecule has 0 aliphatic carbocycles. The zero-order chi connectivity index (χ0) is 33.6. The molecule has 3 aromatic carbocycles. The van der Waals surface area contributed by atoms with E-state index in [9.17, 15) is 14.4 Å². The number of benzene rings is 3. The Kier molecular flexibility index (Phi) is 10.1. The Bertz CT molecular complexity index is 1800. The number of methoxy groups -OCH3 is 2. The number of nitrogens with one attached hydrogen (secondary N) is 1. The maximum absolute atomic E-state index is 14.3. The molecule has 13 nitrogen and oxygen atoms in total. The van der Waals surface area contributed by atoms with Gasteiger partial charge in [0.25, 0.3) is 5.56 Å². The molecule has 0 radical (unpaired) electrons. The van der Waals surface area contributed by atoms with Gasteiger partial charge in [-0.2, -0.15) is 0 Å². The van der Waals surface area contributed by atoms with Crippen LogP contribution < -0.4 is 30.3 Å². The molecular weight excluding hydrogens is 614 g/mol. The number of carbonyl (C=O) groups excluding carboxylic acids is 2. The summed E-state index contributed by atoms with van der Waals surface area (Å²) in [6.45, 7) is 6.60. The van der Waals surface area contributed by atoms with Gasteiger partial charge in [0.1, 0.15) is 11.5 Å². The summed E-state index contributed by atoms with van der Waals surface area (Å²) >= 11 is 0. The largest absolute Gasteiger partial charge is 0.497 e. The van der Waals surface area contributed by atoms with E-state index in [-0.39, 0.29) is 11.5 Å². The summed E-state index contributed by atoms with van der Waals surface area (Å²) in [5.74, 6) is 1.45. The summed E-state index contributed by atoms with van der Waals surface area (Å²) in [4.78, 5) is 52.0. The van der Waals surface area contributed by atoms with Crippen LogP contribution in [0, 0.1) is 0 Å². The van der Waals surface area contributed by atoms with E-state index < -0.39 is 12.1 Å². The average molecular weight is 656 g/mol. The van der Waals surface area contributed by atoms with E-state index in [2.05, 4.69) is 10.2 Å². The predicted octanol–water partition coefficient (Wildman–Crippen LogP) is 3.33. The van der Waals surface area contributed by atoms with E-state index in [0.717, 1.165) is 0 Å². The number of aromatic nitrogens is 2. The fourth-order valence-corrected chi connectivity index (χ4v) is 6.18. The lowest BCUT2D eigenvalue weighted by Gasteiger charge is -2.39. The number of urea groups is 1. The lowest BCUT2D eigenvalue weighted by atomic mass is 10.1. The van der Waals surface area contributed by atoms with Gasteiger partial charge in [-0.3, -0.25) is 19.4 Å². The first-order valence-corrected chi connectivity index (χ1v) is 16.1. The molecule has 1 N–H and O–H groups in total. The molecule has 48 heavy (non-hydrogen) atoms. The van der Waals surface area contributed by atoms with Crippen molar-refractivity contribution in [1.29, 1.82) is 0 Å². The smallest absolute Gasteiger partial charge is 0.327 e. The second-order valence-electron chi connectivity index (χ2n) is 11.7. The van der Waals surface area contributed by atoms with Gasteiger partial charge < -0.3 is 29.4 Å². The van der Waals surface area contributed by atoms with E-state index >= 15 is 0 Å². The Morgan fingerprint density at radius 1 is 0.917 bits per heavy atom. The number of amides is 3. The number of hydrogen-bond acceptors (Lipinski definition) is 9. The average Bonchev–Trinajstić information content (AvgIpc) is 3.13. The third kappa shape index (κ3) is 6.92. The molecular formula is C35H41N7O6. The van der Waals surface area contributed by atoms with Crippen molar-refractivity contribution in [2.45, 2.75) is 13.0 Å². The van der Waals surface area contributed by atoms with Crippen molar-refractivity contribution in [2.75, 3.05) is 88.5 Å². The topological polar surface area (TPSA) is 122 Å². The fraction of sp³-hybridized carbons (Fsp3) is 0.371. The molecule has 3 amide bonds. The van der Waals surface area contributed by atoms with Crippen molar-refractivity contribution in [2.24, 2.45) is 0 Å². The summed E-state index contributed by atoms with van der Waals surface area (Å²) in [6.07, 6.45) is 0. The molecule has 2 aliphatic rings. The number of anilines is 2. The van der Waals surface area contributed by atoms with Crippen molar-refractivity contribution >= 4 is 34.2 Å². The molecule has 13 heteroatoms. The molecule has 0 bridgehead atoms. The normalized spacial score (nSPS) is 16.0. The molecule has 6 rings (SSSR count). The summed E-state index contributed by atoms with van der Waals surface area (Å²) in [5.41, 5.74) is 1.38. The van der Waals surface area contributed by atoms with E-state index in [0.29, 0.717) is 98.6 Å². The molecule has 2 saturated heterocycles. The van der Waals surface area contributed by atoms with Gasteiger partial charge in [0.05, 0.1) is 56.6 Å². The number of fused-ring (bicyclic) bond motifs is 1. The fourth-order valence-electron chi connectivity index (χ4n) is 6.18. The maximum atomic E-state index is 14.3. The minimum atomic E-state index is -0.741. The highest BCUT2D eigenvalue weighted by Gasteiger charge is 2.33. The monoisotopic (exact) mass is 655 g/mol. The molecule has 2 aliphatic heterocycles. The number of hydrogen-bond donors (Lipinski definition) is 1. The number of carbonyl (C=O) groups is 2. The van der Waals surface area contributed by atoms with Gasteiger partial charge in [0, 0.05) is 51.0 Å². The number of ether oxygens (including phenoxy) is 3. The van der Waals surface area contributed by atoms with Gasteiger partial charge in [-0.15, -0.1) is 0 Å². The van der Waals surface area contributed by atoms with Gasteiger partial charge in [-0.05, 0) is 43.3 Å². The van der Waals surface area contributed by atoms with Crippen LogP contribution >= 0.6 is 0 Å². The molecule has 252 valence electrons. The highest BCUT2D eigenvalue weighted by Crippen LogP contribution is 2.37. The minimum absolute atomic E-state index is 0.0825. The zero-order valence-electron chi connectivity index (χ0n) is 27.5. The van der Waals surface area contributed by atoms with Crippen LogP contribution in [-0.4, -0.2) is 105 Å². The third-order valence-corrected chi connectivity index (χ3v) is 8.78. The first kappa shape index (κ1) is 32.8. The number of piperazine rings is 1. The number of rotatable bonds is 9. The van der Waals surface area contributed by atoms with Crippen LogP contribution in [0.2, 0.25) is 0 Å². The van der Waals surface area contributed by atoms with Crippen LogP contribution in [0.15, 0.2) is 77.6 Å². The molecule has 1 aromatic heterocycles. The molecule has 1 atom stereocenters. The van der Waals surface area contributed by atoms with Gasteiger partial charge >= 0.3 is 6.03 Å². The SMILES string of the molecule is COc1ccc(N(C(=O)Nc2ccccc2)C(C)c2nc3ccccc3c(=O)n2N2CCN(CC(=O)N3CCOCC3)CC2)c(OC)c1. The van der Waals surface area contributed by atoms with Gasteiger partial charge in [-0.25, -0.2) is 14.5 Å². The summed E-state index contributed by atoms with van der Waals surface area (Å²) in [7, 11) is 3.09. The number of morpholine rings is 1. The molecule has 2 fully saturated rings. The van der Waals surface area contributed by atoms with Crippen molar-refractivity contribution in [3.8, 4) is 11.5 Å². The van der Waals surface area contributed by atoms with Crippen molar-refractivity contribution in [1.82, 2.24) is 19.5 Å². The van der Waals surface area contributed by atoms with Crippen LogP contribution in [0.5, 0.6) is 11.5 Å². The van der Waals surface area contributed by atoms with Crippen molar-refractivity contribution < 1.29 is 23.8 Å². The van der Waals surface area contributed by atoms with Crippen LogP contribution in [-0.2, 0) is 9.53 Å². The molecule has 4 aromatic rings. The predicted molar refractivity (Wildman–Crippen MR) is 184 cm³/mol. The van der Waals surface area contributed by atoms with Crippen LogP contribution in [0.1, 0.15) is 18.8 Å². The first-order valence-electron chi connectivity index (χ1n) is 16.1. The summed E-state index contributed by atoms with van der Waals surface area (Å²) < 4.78 is 18.2. The summed E-state index contributed by atoms with van der Waals surface area (Å²) in [5, 5.41) is 5.43. The lowest BCUT2D eigenvalue weighted by Crippen LogP contribution is -2.57. The Labute approximate surface area is 279 Å². The highest BCUT2D eigenvalue weighted by atomic mass is 16.5. The van der Waals surface area contributed by atoms with E-state index in [4.69, 9.17) is 19.2 Å². The Hall–Kier alpha value is -5.14. The quantitative estimate of drug-likeness (QED) is 0.290. The standard InChI is InChI=1S/C35H41N7O6/c1-25(41(35(45)36-26-9-5-4-6-10-26)30-14-13-27(46-2)23-31(30)47-3)33-37-29-12-8-7-11-28(29)34(44)42(33)40-17-15-38(16-18-40)24-32(43)39-19-21-48-22-20-39/h4-14,23,25H,15-22,24H2,1-3H3,(H,36,45). The van der Waals surface area contributed by atoms with Crippen molar-refractivity contribution in [3.63, 3.8) is 0 Å². The number of nitrogens with zero attached hydrogens (tertiary/aromatic N) is 6. The summed E-state index contributed by atoms with van der Waals surface area (Å²) in [6, 6.07) is 20.4. The van der Waals surface area contributed by atoms with Crippen molar-refractivity contribution in [3.05, 3.63) is 89.0 Å². The maximum Gasteiger partial charge on any atom is 0.327 e. The minimum Gasteiger partial charge on any atom is -0.497 e. The molecule has 1 unspecified atom stereocenters. The van der Waals surface area contributed by atoms with Gasteiger partial charge in [0.2, 0.25) is 5.91 Å². The van der Waals surface area contributed by atoms with E-state index in [1.165, 1.54) is 7.11 Å². The van der Waals surface area contributed by atoms with E-state index in [1.54, 1.807) is 59.2 Å². The highest BCUT2D eigenvalue weighted by molar-refractivity contribution is 6.03. The van der Waals surface area contributed by atoms with E-state index in [1.807, 2.05) is 47.2 Å². The Morgan fingerprint density at radius 2 is 1.62 bits per heavy atom. The van der Waals surface area contributed by atoms with Crippen LogP contribution in [0.3, 0.4) is 0 Å². The molecule has 0 spiro atoms. The third-order valence-electron chi connectivity index (χ3n) is 8.78. The zero-order valence-corrected chi connectivity index (χ0v) is 27.5. The second-order valence-corrected chi connectivity index (χ2v) is 11.7. The lowest BCUT2D eigenvalue weighted by molar-refractivity contribution is -0.136. The van der Waals surface area contributed by atoms with Crippen LogP contribution in [0.4, 0.5) is 16.2 Å². The number of para-hydroxylation sites is 2. The molecule has 0 saturated carbocycles. The van der Waals surface area contributed by atoms with Gasteiger partial charge in [0.15, 0.2) is 5.82 Å². The first-order chi connectivity index (χ1) is 23.4. The Morgan fingerprint density at radius 3 is 2.33 bits per heavy atom. The Balaban J connectivity index is 1.36.